The summed E-state index contributed by atoms with van der Waals surface area (Å²) in [7, 11) is 0. The van der Waals surface area contributed by atoms with E-state index in [1.165, 1.54) is 405 Å². The van der Waals surface area contributed by atoms with Gasteiger partial charge in [-0.3, -0.25) is 9.59 Å². The number of ether oxygens (including phenoxy) is 1. The molecular formula is C83H161NO5. The van der Waals surface area contributed by atoms with Crippen molar-refractivity contribution in [2.24, 2.45) is 0 Å². The van der Waals surface area contributed by atoms with E-state index in [1.54, 1.807) is 6.08 Å². The Hall–Kier alpha value is -1.66. The highest BCUT2D eigenvalue weighted by Crippen LogP contribution is 2.20. The van der Waals surface area contributed by atoms with Gasteiger partial charge in [-0.15, -0.1) is 0 Å². The number of hydrogen-bond acceptors (Lipinski definition) is 5. The van der Waals surface area contributed by atoms with Crippen LogP contribution >= 0.6 is 0 Å². The molecule has 2 unspecified atom stereocenters. The second kappa shape index (κ2) is 78.8. The van der Waals surface area contributed by atoms with E-state index in [-0.39, 0.29) is 18.5 Å². The minimum absolute atomic E-state index is 0.0220. The van der Waals surface area contributed by atoms with Crippen molar-refractivity contribution in [2.45, 2.75) is 482 Å². The summed E-state index contributed by atoms with van der Waals surface area (Å²) in [5.74, 6) is -0.0377. The SMILES string of the molecule is CCCCCCCCCCCCCCCCCCCCCCCCC/C=C/C(O)C(CO)NC(=O)CCCCCCCCCCCCCCCCCC/C=C\CCCCCCCCCCCCCCOC(=O)CCCCCCCCCCCCCCCCC. The largest absolute Gasteiger partial charge is 0.466 e. The lowest BCUT2D eigenvalue weighted by Crippen LogP contribution is -2.45. The van der Waals surface area contributed by atoms with Gasteiger partial charge in [0.1, 0.15) is 0 Å². The van der Waals surface area contributed by atoms with Gasteiger partial charge in [-0.05, 0) is 57.8 Å². The number of rotatable bonds is 78. The van der Waals surface area contributed by atoms with Gasteiger partial charge in [0.2, 0.25) is 5.91 Å². The number of carbonyl (C=O) groups excluding carboxylic acids is 2. The zero-order valence-electron chi connectivity index (χ0n) is 60.7. The third-order valence-electron chi connectivity index (χ3n) is 19.5. The van der Waals surface area contributed by atoms with Crippen molar-refractivity contribution < 1.29 is 24.5 Å². The van der Waals surface area contributed by atoms with E-state index in [0.29, 0.717) is 19.4 Å². The van der Waals surface area contributed by atoms with Crippen LogP contribution in [0.1, 0.15) is 470 Å². The maximum absolute atomic E-state index is 12.6. The maximum Gasteiger partial charge on any atom is 0.305 e. The molecule has 0 aromatic carbocycles. The van der Waals surface area contributed by atoms with Crippen molar-refractivity contribution in [3.8, 4) is 0 Å². The van der Waals surface area contributed by atoms with Gasteiger partial charge in [0.15, 0.2) is 0 Å². The molecule has 3 N–H and O–H groups in total. The fraction of sp³-hybridized carbons (Fsp3) is 0.928. The molecule has 0 saturated carbocycles. The fourth-order valence-electron chi connectivity index (χ4n) is 13.2. The number of aliphatic hydroxyl groups is 2. The summed E-state index contributed by atoms with van der Waals surface area (Å²) >= 11 is 0. The Morgan fingerprint density at radius 3 is 0.798 bits per heavy atom. The lowest BCUT2D eigenvalue weighted by atomic mass is 10.0. The fourth-order valence-corrected chi connectivity index (χ4v) is 13.2. The molecule has 0 fully saturated rings. The van der Waals surface area contributed by atoms with E-state index in [2.05, 4.69) is 31.3 Å². The van der Waals surface area contributed by atoms with Crippen LogP contribution in [-0.2, 0) is 14.3 Å². The van der Waals surface area contributed by atoms with Gasteiger partial charge in [0, 0.05) is 12.8 Å². The molecule has 0 saturated heterocycles. The Labute approximate surface area is 558 Å². The molecule has 0 aromatic rings. The third-order valence-corrected chi connectivity index (χ3v) is 19.5. The van der Waals surface area contributed by atoms with Crippen molar-refractivity contribution in [2.75, 3.05) is 13.2 Å². The van der Waals surface area contributed by atoms with E-state index < -0.39 is 12.1 Å². The maximum atomic E-state index is 12.6. The predicted octanol–water partition coefficient (Wildman–Crippen LogP) is 27.2. The number of allylic oxidation sites excluding steroid dienone is 3. The van der Waals surface area contributed by atoms with Gasteiger partial charge in [-0.25, -0.2) is 0 Å². The van der Waals surface area contributed by atoms with E-state index in [0.717, 1.165) is 38.5 Å². The molecule has 0 aliphatic rings. The molecule has 0 radical (unpaired) electrons. The van der Waals surface area contributed by atoms with Crippen molar-refractivity contribution in [1.29, 1.82) is 0 Å². The minimum Gasteiger partial charge on any atom is -0.466 e. The minimum atomic E-state index is -0.844. The molecule has 0 aromatic heterocycles. The number of hydrogen-bond donors (Lipinski definition) is 3. The number of esters is 1. The number of aliphatic hydroxyl groups excluding tert-OH is 2. The van der Waals surface area contributed by atoms with Crippen LogP contribution in [0.5, 0.6) is 0 Å². The Morgan fingerprint density at radius 2 is 0.528 bits per heavy atom. The Morgan fingerprint density at radius 1 is 0.303 bits per heavy atom. The van der Waals surface area contributed by atoms with Gasteiger partial charge in [-0.1, -0.05) is 423 Å². The molecule has 89 heavy (non-hydrogen) atoms. The third kappa shape index (κ3) is 75.3. The van der Waals surface area contributed by atoms with Crippen LogP contribution in [0.3, 0.4) is 0 Å². The second-order valence-corrected chi connectivity index (χ2v) is 28.5. The first kappa shape index (κ1) is 87.3. The molecule has 1 amide bonds. The molecule has 6 heteroatoms. The highest BCUT2D eigenvalue weighted by Gasteiger charge is 2.18. The summed E-state index contributed by atoms with van der Waals surface area (Å²) in [6, 6.07) is -0.627. The average Bonchev–Trinajstić information content (AvgIpc) is 3.54. The van der Waals surface area contributed by atoms with Crippen LogP contribution in [0.25, 0.3) is 0 Å². The number of unbranched alkanes of at least 4 members (excludes halogenated alkanes) is 65. The van der Waals surface area contributed by atoms with E-state index in [4.69, 9.17) is 4.74 Å². The number of carbonyl (C=O) groups is 2. The molecule has 0 aliphatic heterocycles. The van der Waals surface area contributed by atoms with E-state index in [9.17, 15) is 19.8 Å². The topological polar surface area (TPSA) is 95.9 Å². The first-order valence-electron chi connectivity index (χ1n) is 41.1. The van der Waals surface area contributed by atoms with Crippen LogP contribution in [0.15, 0.2) is 24.3 Å². The Balaban J connectivity index is 3.37. The monoisotopic (exact) mass is 1250 g/mol. The molecule has 2 atom stereocenters. The summed E-state index contributed by atoms with van der Waals surface area (Å²) < 4.78 is 5.51. The summed E-state index contributed by atoms with van der Waals surface area (Å²) in [6.07, 6.45) is 102. The first-order valence-corrected chi connectivity index (χ1v) is 41.1. The van der Waals surface area contributed by atoms with Crippen LogP contribution in [-0.4, -0.2) is 47.4 Å². The van der Waals surface area contributed by atoms with Crippen molar-refractivity contribution in [3.63, 3.8) is 0 Å². The standard InChI is InChI=1S/C83H161NO5/c1-3-5-7-9-11-13-15-17-19-20-21-22-23-32-35-38-41-44-48-51-55-59-63-67-71-75-81(86)80(79-85)84-82(87)76-72-68-64-60-56-52-49-45-42-39-36-33-30-28-26-24-25-27-29-31-34-37-40-43-46-50-54-58-62-66-70-74-78-89-83(88)77-73-69-65-61-57-53-47-18-16-14-12-10-8-6-4-2/h27,29,71,75,80-81,85-86H,3-26,28,30-70,72-74,76-79H2,1-2H3,(H,84,87)/b29-27-,75-71+. The molecular weight excluding hydrogens is 1090 g/mol. The van der Waals surface area contributed by atoms with Crippen molar-refractivity contribution in [3.05, 3.63) is 24.3 Å². The molecule has 0 rings (SSSR count). The molecule has 6 nitrogen and oxygen atoms in total. The number of amides is 1. The first-order chi connectivity index (χ1) is 44.0. The van der Waals surface area contributed by atoms with Crippen LogP contribution < -0.4 is 5.32 Å². The summed E-state index contributed by atoms with van der Waals surface area (Å²) in [5.41, 5.74) is 0. The Bertz CT molecular complexity index is 1400. The normalized spacial score (nSPS) is 12.5. The van der Waals surface area contributed by atoms with Gasteiger partial charge < -0.3 is 20.3 Å². The lowest BCUT2D eigenvalue weighted by molar-refractivity contribution is -0.143. The van der Waals surface area contributed by atoms with E-state index in [1.807, 2.05) is 6.08 Å². The van der Waals surface area contributed by atoms with E-state index >= 15 is 0 Å². The van der Waals surface area contributed by atoms with Gasteiger partial charge in [0.25, 0.3) is 0 Å². The molecule has 0 spiro atoms. The van der Waals surface area contributed by atoms with Crippen LogP contribution in [0.4, 0.5) is 0 Å². The molecule has 0 bridgehead atoms. The lowest BCUT2D eigenvalue weighted by Gasteiger charge is -2.20. The number of nitrogens with one attached hydrogen (secondary N) is 1. The van der Waals surface area contributed by atoms with Crippen LogP contribution in [0.2, 0.25) is 0 Å². The smallest absolute Gasteiger partial charge is 0.305 e. The summed E-state index contributed by atoms with van der Waals surface area (Å²) in [6.45, 7) is 4.96. The van der Waals surface area contributed by atoms with Crippen molar-refractivity contribution >= 4 is 11.9 Å². The second-order valence-electron chi connectivity index (χ2n) is 28.5. The average molecular weight is 1250 g/mol. The molecule has 528 valence electrons. The Kier molecular flexibility index (Phi) is 77.3. The molecule has 0 heterocycles. The zero-order valence-corrected chi connectivity index (χ0v) is 60.7. The highest BCUT2D eigenvalue weighted by atomic mass is 16.5. The molecule has 0 aliphatic carbocycles. The predicted molar refractivity (Wildman–Crippen MR) is 393 cm³/mol. The quantitative estimate of drug-likeness (QED) is 0.0320. The summed E-state index contributed by atoms with van der Waals surface area (Å²) in [5, 5.41) is 23.3. The van der Waals surface area contributed by atoms with Crippen LogP contribution in [0, 0.1) is 0 Å². The zero-order chi connectivity index (χ0) is 64.2. The summed E-state index contributed by atoms with van der Waals surface area (Å²) in [4.78, 5) is 24.7. The van der Waals surface area contributed by atoms with Gasteiger partial charge in [-0.2, -0.15) is 0 Å². The highest BCUT2D eigenvalue weighted by molar-refractivity contribution is 5.76. The van der Waals surface area contributed by atoms with Gasteiger partial charge >= 0.3 is 5.97 Å². The van der Waals surface area contributed by atoms with Crippen molar-refractivity contribution in [1.82, 2.24) is 5.32 Å². The van der Waals surface area contributed by atoms with Gasteiger partial charge in [0.05, 0.1) is 25.4 Å².